The van der Waals surface area contributed by atoms with Crippen LogP contribution in [0.15, 0.2) is 16.5 Å². The molecule has 0 saturated heterocycles. The van der Waals surface area contributed by atoms with E-state index in [2.05, 4.69) is 0 Å². The minimum Gasteiger partial charge on any atom is -0.466 e. The van der Waals surface area contributed by atoms with Crippen LogP contribution in [0.25, 0.3) is 0 Å². The fraction of sp³-hybridized carbons (Fsp3) is 0.667. The Kier molecular flexibility index (Phi) is 8.33. The average molecular weight is 401 g/mol. The lowest BCUT2D eigenvalue weighted by Gasteiger charge is -2.29. The summed E-state index contributed by atoms with van der Waals surface area (Å²) in [6.45, 7) is 4.18. The van der Waals surface area contributed by atoms with Crippen LogP contribution in [0.4, 0.5) is 13.2 Å². The summed E-state index contributed by atoms with van der Waals surface area (Å²) in [6.07, 6.45) is -4.74. The molecule has 0 spiro atoms. The zero-order valence-corrected chi connectivity index (χ0v) is 15.6. The van der Waals surface area contributed by atoms with Gasteiger partial charge >= 0.3 is 19.7 Å². The van der Waals surface area contributed by atoms with Gasteiger partial charge in [-0.3, -0.25) is 9.36 Å². The number of hydrogen-bond donors (Lipinski definition) is 1. The van der Waals surface area contributed by atoms with Crippen LogP contribution in [0.2, 0.25) is 0 Å². The quantitative estimate of drug-likeness (QED) is 0.471. The molecule has 26 heavy (non-hydrogen) atoms. The fourth-order valence-corrected chi connectivity index (χ4v) is 4.65. The summed E-state index contributed by atoms with van der Waals surface area (Å²) < 4.78 is 72.1. The molecule has 0 aliphatic rings. The summed E-state index contributed by atoms with van der Waals surface area (Å²) in [5.41, 5.74) is 4.16. The predicted molar refractivity (Wildman–Crippen MR) is 86.5 cm³/mol. The van der Waals surface area contributed by atoms with Gasteiger partial charge in [0.25, 0.3) is 0 Å². The van der Waals surface area contributed by atoms with Crippen molar-refractivity contribution < 1.29 is 40.7 Å². The van der Waals surface area contributed by atoms with Gasteiger partial charge in [0, 0.05) is 6.54 Å². The molecule has 11 heteroatoms. The van der Waals surface area contributed by atoms with Crippen LogP contribution in [0, 0.1) is 5.92 Å². The van der Waals surface area contributed by atoms with Gasteiger partial charge < -0.3 is 23.9 Å². The largest absolute Gasteiger partial charge is 0.466 e. The van der Waals surface area contributed by atoms with Gasteiger partial charge in [-0.2, -0.15) is 13.2 Å². The molecule has 0 aliphatic heterocycles. The molecule has 0 radical (unpaired) electrons. The van der Waals surface area contributed by atoms with Gasteiger partial charge in [-0.25, -0.2) is 0 Å². The number of halogens is 3. The normalized spacial score (nSPS) is 14.9. The number of ether oxygens (including phenoxy) is 1. The Bertz CT molecular complexity index is 623. The lowest BCUT2D eigenvalue weighted by atomic mass is 10.0. The summed E-state index contributed by atoms with van der Waals surface area (Å²) in [4.78, 5) is 12.2. The SMILES string of the molecule is CCOC(=O)C(CN)C(c1ccc(C(F)(F)F)o1)P(=O)(OCC)OCC. The zero-order chi connectivity index (χ0) is 20.0. The van der Waals surface area contributed by atoms with E-state index < -0.39 is 37.1 Å². The maximum atomic E-state index is 13.2. The van der Waals surface area contributed by atoms with Crippen LogP contribution >= 0.6 is 7.60 Å². The number of hydrogen-bond acceptors (Lipinski definition) is 7. The second kappa shape index (κ2) is 9.55. The van der Waals surface area contributed by atoms with Crippen LogP contribution in [-0.2, 0) is 29.3 Å². The number of furan rings is 1. The molecular weight excluding hydrogens is 378 g/mol. The molecule has 2 N–H and O–H groups in total. The summed E-state index contributed by atoms with van der Waals surface area (Å²) in [7, 11) is -4.08. The van der Waals surface area contributed by atoms with Gasteiger partial charge in [-0.05, 0) is 32.9 Å². The monoisotopic (exact) mass is 401 g/mol. The van der Waals surface area contributed by atoms with Crippen molar-refractivity contribution in [1.29, 1.82) is 0 Å². The summed E-state index contributed by atoms with van der Waals surface area (Å²) >= 11 is 0. The third-order valence-corrected chi connectivity index (χ3v) is 5.91. The Morgan fingerprint density at radius 3 is 2.15 bits per heavy atom. The molecule has 0 saturated carbocycles. The van der Waals surface area contributed by atoms with Crippen LogP contribution in [-0.4, -0.2) is 32.3 Å². The minimum atomic E-state index is -4.74. The topological polar surface area (TPSA) is 101 Å². The first-order valence-electron chi connectivity index (χ1n) is 8.06. The highest BCUT2D eigenvalue weighted by Gasteiger charge is 2.48. The van der Waals surface area contributed by atoms with Gasteiger partial charge in [0.15, 0.2) is 0 Å². The standard InChI is InChI=1S/C15H23F3NO6P/c1-4-22-14(20)10(9-19)13(26(21,23-5-2)24-6-3)11-7-8-12(25-11)15(16,17)18/h7-8,10,13H,4-6,9,19H2,1-3H3. The third kappa shape index (κ3) is 5.33. The molecule has 7 nitrogen and oxygen atoms in total. The van der Waals surface area contributed by atoms with E-state index in [0.29, 0.717) is 6.07 Å². The van der Waals surface area contributed by atoms with Crippen molar-refractivity contribution in [3.63, 3.8) is 0 Å². The number of alkyl halides is 3. The summed E-state index contributed by atoms with van der Waals surface area (Å²) in [5.74, 6) is -3.77. The number of esters is 1. The lowest BCUT2D eigenvalue weighted by molar-refractivity contribution is -0.153. The fourth-order valence-electron chi connectivity index (χ4n) is 2.40. The highest BCUT2D eigenvalue weighted by Crippen LogP contribution is 2.64. The average Bonchev–Trinajstić information content (AvgIpc) is 3.02. The van der Waals surface area contributed by atoms with E-state index in [1.165, 1.54) is 13.8 Å². The van der Waals surface area contributed by atoms with Crippen molar-refractivity contribution >= 4 is 13.6 Å². The third-order valence-electron chi connectivity index (χ3n) is 3.38. The van der Waals surface area contributed by atoms with Gasteiger partial charge in [-0.15, -0.1) is 0 Å². The molecule has 150 valence electrons. The maximum absolute atomic E-state index is 13.2. The van der Waals surface area contributed by atoms with Crippen molar-refractivity contribution in [2.45, 2.75) is 32.6 Å². The summed E-state index contributed by atoms with van der Waals surface area (Å²) in [6, 6.07) is 1.67. The van der Waals surface area contributed by atoms with Crippen LogP contribution < -0.4 is 5.73 Å². The van der Waals surface area contributed by atoms with E-state index >= 15 is 0 Å². The number of carbonyl (C=O) groups is 1. The molecule has 0 aliphatic carbocycles. The lowest BCUT2D eigenvalue weighted by Crippen LogP contribution is -2.32. The smallest absolute Gasteiger partial charge is 0.449 e. The van der Waals surface area contributed by atoms with Crippen molar-refractivity contribution in [2.24, 2.45) is 11.7 Å². The van der Waals surface area contributed by atoms with Crippen molar-refractivity contribution in [1.82, 2.24) is 0 Å². The second-order valence-electron chi connectivity index (χ2n) is 5.11. The van der Waals surface area contributed by atoms with Gasteiger partial charge in [0.1, 0.15) is 11.4 Å². The molecular formula is C15H23F3NO6P. The van der Waals surface area contributed by atoms with Crippen LogP contribution in [0.1, 0.15) is 38.0 Å². The van der Waals surface area contributed by atoms with Gasteiger partial charge in [-0.1, -0.05) is 0 Å². The Morgan fingerprint density at radius 1 is 1.19 bits per heavy atom. The molecule has 1 rings (SSSR count). The molecule has 1 aromatic rings. The molecule has 2 atom stereocenters. The molecule has 1 aromatic heterocycles. The van der Waals surface area contributed by atoms with Crippen LogP contribution in [0.3, 0.4) is 0 Å². The Labute approximate surface area is 149 Å². The maximum Gasteiger partial charge on any atom is 0.449 e. The van der Waals surface area contributed by atoms with Crippen molar-refractivity contribution in [3.8, 4) is 0 Å². The Morgan fingerprint density at radius 2 is 1.77 bits per heavy atom. The first-order chi connectivity index (χ1) is 12.1. The molecule has 0 amide bonds. The van der Waals surface area contributed by atoms with Gasteiger partial charge in [0.05, 0.1) is 25.7 Å². The molecule has 2 unspecified atom stereocenters. The highest BCUT2D eigenvalue weighted by atomic mass is 31.2. The van der Waals surface area contributed by atoms with Crippen molar-refractivity contribution in [3.05, 3.63) is 23.7 Å². The van der Waals surface area contributed by atoms with E-state index in [4.69, 9.17) is 23.9 Å². The summed E-state index contributed by atoms with van der Waals surface area (Å²) in [5, 5.41) is 0. The molecule has 1 heterocycles. The van der Waals surface area contributed by atoms with Crippen molar-refractivity contribution in [2.75, 3.05) is 26.4 Å². The molecule has 0 bridgehead atoms. The first-order valence-corrected chi connectivity index (χ1v) is 9.68. The molecule has 0 aromatic carbocycles. The van der Waals surface area contributed by atoms with E-state index in [1.807, 2.05) is 0 Å². The van der Waals surface area contributed by atoms with Crippen LogP contribution in [0.5, 0.6) is 0 Å². The number of rotatable bonds is 10. The molecule has 0 fully saturated rings. The Balaban J connectivity index is 3.47. The van der Waals surface area contributed by atoms with E-state index in [9.17, 15) is 22.5 Å². The second-order valence-corrected chi connectivity index (χ2v) is 7.27. The highest BCUT2D eigenvalue weighted by molar-refractivity contribution is 7.54. The minimum absolute atomic E-state index is 0.0155. The number of nitrogens with two attached hydrogens (primary N) is 1. The predicted octanol–water partition coefficient (Wildman–Crippen LogP) is 3.74. The Hall–Kier alpha value is -1.35. The van der Waals surface area contributed by atoms with E-state index in [1.54, 1.807) is 6.92 Å². The van der Waals surface area contributed by atoms with E-state index in [0.717, 1.165) is 6.07 Å². The first kappa shape index (κ1) is 22.7. The zero-order valence-electron chi connectivity index (χ0n) is 14.7. The van der Waals surface area contributed by atoms with E-state index in [-0.39, 0.29) is 32.1 Å². The number of carbonyl (C=O) groups excluding carboxylic acids is 1. The van der Waals surface area contributed by atoms with Gasteiger partial charge in [0.2, 0.25) is 5.76 Å².